The van der Waals surface area contributed by atoms with E-state index in [4.69, 9.17) is 10.5 Å². The summed E-state index contributed by atoms with van der Waals surface area (Å²) in [4.78, 5) is 16.8. The number of amidine groups is 1. The number of aliphatic imine (C=N–C) groups is 1. The molecule has 19 heavy (non-hydrogen) atoms. The molecule has 0 aliphatic carbocycles. The number of carbonyl (C=O) groups excluding carboxylic acids is 1. The number of ether oxygens (including phenoxy) is 1. The first-order valence-electron chi connectivity index (χ1n) is 5.66. The Bertz CT molecular complexity index is 533. The fraction of sp³-hybridized carbons (Fsp3) is 0.333. The van der Waals surface area contributed by atoms with Gasteiger partial charge in [-0.1, -0.05) is 6.07 Å². The van der Waals surface area contributed by atoms with E-state index in [1.807, 2.05) is 0 Å². The van der Waals surface area contributed by atoms with Gasteiger partial charge >= 0.3 is 6.03 Å². The van der Waals surface area contributed by atoms with Gasteiger partial charge in [0.15, 0.2) is 11.6 Å². The van der Waals surface area contributed by atoms with E-state index in [1.54, 1.807) is 0 Å². The third-order valence-electron chi connectivity index (χ3n) is 2.89. The van der Waals surface area contributed by atoms with Crippen molar-refractivity contribution in [1.29, 1.82) is 0 Å². The number of phenolic OH excluding ortho intramolecular Hbond substituents is 1. The molecule has 1 aliphatic rings. The number of nitrogens with two attached hydrogens (primary N) is 1. The van der Waals surface area contributed by atoms with Crippen LogP contribution < -0.4 is 5.73 Å². The maximum absolute atomic E-state index is 13.4. The first-order chi connectivity index (χ1) is 9.04. The molecule has 1 aromatic rings. The molecule has 0 aromatic heterocycles. The summed E-state index contributed by atoms with van der Waals surface area (Å²) >= 11 is 0. The number of benzene rings is 1. The van der Waals surface area contributed by atoms with Gasteiger partial charge in [-0.2, -0.15) is 4.99 Å². The highest BCUT2D eigenvalue weighted by atomic mass is 19.1. The van der Waals surface area contributed by atoms with Crippen molar-refractivity contribution in [2.45, 2.75) is 6.04 Å². The van der Waals surface area contributed by atoms with Gasteiger partial charge in [0, 0.05) is 13.7 Å². The zero-order valence-electron chi connectivity index (χ0n) is 10.3. The van der Waals surface area contributed by atoms with Crippen LogP contribution in [0.5, 0.6) is 5.75 Å². The standard InChI is InChI=1S/C12H14FN3O3/c1-19-5-4-16-10(11(14)15-12(16)18)7-2-3-9(17)8(13)6-7/h2-3,6,10,17H,4-5H2,1H3,(H2,14,15,18). The minimum Gasteiger partial charge on any atom is -0.505 e. The van der Waals surface area contributed by atoms with Crippen molar-refractivity contribution in [3.63, 3.8) is 0 Å². The minimum atomic E-state index is -0.767. The van der Waals surface area contributed by atoms with E-state index < -0.39 is 23.6 Å². The molecule has 0 spiro atoms. The maximum Gasteiger partial charge on any atom is 0.346 e. The van der Waals surface area contributed by atoms with Crippen LogP contribution in [-0.4, -0.2) is 42.1 Å². The Labute approximate surface area is 109 Å². The highest BCUT2D eigenvalue weighted by molar-refractivity contribution is 6.03. The monoisotopic (exact) mass is 267 g/mol. The molecule has 102 valence electrons. The summed E-state index contributed by atoms with van der Waals surface area (Å²) in [7, 11) is 1.51. The summed E-state index contributed by atoms with van der Waals surface area (Å²) in [6, 6.07) is 2.76. The van der Waals surface area contributed by atoms with Gasteiger partial charge < -0.3 is 20.5 Å². The zero-order chi connectivity index (χ0) is 14.0. The largest absolute Gasteiger partial charge is 0.505 e. The van der Waals surface area contributed by atoms with E-state index in [2.05, 4.69) is 4.99 Å². The van der Waals surface area contributed by atoms with E-state index in [9.17, 15) is 14.3 Å². The summed E-state index contributed by atoms with van der Waals surface area (Å²) in [5.74, 6) is -1.12. The van der Waals surface area contributed by atoms with Crippen LogP contribution in [0.4, 0.5) is 9.18 Å². The molecule has 1 unspecified atom stereocenters. The number of phenols is 1. The average Bonchev–Trinajstić information content (AvgIpc) is 2.65. The van der Waals surface area contributed by atoms with Gasteiger partial charge in [-0.05, 0) is 17.7 Å². The topological polar surface area (TPSA) is 88.2 Å². The summed E-state index contributed by atoms with van der Waals surface area (Å²) < 4.78 is 18.3. The first kappa shape index (κ1) is 13.3. The number of carbonyl (C=O) groups is 1. The number of hydrogen-bond donors (Lipinski definition) is 2. The van der Waals surface area contributed by atoms with Crippen LogP contribution in [0.25, 0.3) is 0 Å². The molecule has 1 aromatic carbocycles. The third-order valence-corrected chi connectivity index (χ3v) is 2.89. The lowest BCUT2D eigenvalue weighted by Gasteiger charge is -2.24. The highest BCUT2D eigenvalue weighted by Gasteiger charge is 2.34. The van der Waals surface area contributed by atoms with Gasteiger partial charge in [0.2, 0.25) is 0 Å². The number of aromatic hydroxyl groups is 1. The van der Waals surface area contributed by atoms with Crippen molar-refractivity contribution >= 4 is 11.9 Å². The molecule has 6 nitrogen and oxygen atoms in total. The van der Waals surface area contributed by atoms with Crippen molar-refractivity contribution in [2.75, 3.05) is 20.3 Å². The Morgan fingerprint density at radius 2 is 2.32 bits per heavy atom. The lowest BCUT2D eigenvalue weighted by Crippen LogP contribution is -2.35. The second kappa shape index (κ2) is 5.23. The van der Waals surface area contributed by atoms with E-state index in [-0.39, 0.29) is 5.84 Å². The van der Waals surface area contributed by atoms with Crippen LogP contribution in [0.15, 0.2) is 23.2 Å². The molecule has 1 heterocycles. The molecule has 0 radical (unpaired) electrons. The minimum absolute atomic E-state index is 0.103. The normalized spacial score (nSPS) is 18.8. The highest BCUT2D eigenvalue weighted by Crippen LogP contribution is 2.29. The van der Waals surface area contributed by atoms with Gasteiger partial charge in [0.1, 0.15) is 11.9 Å². The van der Waals surface area contributed by atoms with Crippen LogP contribution in [0.3, 0.4) is 0 Å². The number of halogens is 1. The number of rotatable bonds is 4. The predicted molar refractivity (Wildman–Crippen MR) is 66.4 cm³/mol. The summed E-state index contributed by atoms with van der Waals surface area (Å²) in [6.07, 6.45) is 0. The lowest BCUT2D eigenvalue weighted by atomic mass is 10.0. The number of hydrogen-bond acceptors (Lipinski definition) is 4. The fourth-order valence-electron chi connectivity index (χ4n) is 1.96. The molecular formula is C12H14FN3O3. The second-order valence-corrected chi connectivity index (χ2v) is 4.12. The molecule has 0 saturated heterocycles. The lowest BCUT2D eigenvalue weighted by molar-refractivity contribution is 0.150. The Kier molecular flexibility index (Phi) is 3.66. The molecule has 7 heteroatoms. The van der Waals surface area contributed by atoms with Crippen LogP contribution in [0.1, 0.15) is 11.6 Å². The van der Waals surface area contributed by atoms with E-state index in [1.165, 1.54) is 24.1 Å². The van der Waals surface area contributed by atoms with Crippen LogP contribution in [0, 0.1) is 5.82 Å². The van der Waals surface area contributed by atoms with Gasteiger partial charge in [-0.3, -0.25) is 0 Å². The Balaban J connectivity index is 2.31. The van der Waals surface area contributed by atoms with E-state index in [0.717, 1.165) is 6.07 Å². The summed E-state index contributed by atoms with van der Waals surface area (Å²) in [5, 5.41) is 9.17. The van der Waals surface area contributed by atoms with E-state index in [0.29, 0.717) is 18.7 Å². The van der Waals surface area contributed by atoms with Crippen molar-refractivity contribution < 1.29 is 19.0 Å². The Morgan fingerprint density at radius 3 is 2.95 bits per heavy atom. The van der Waals surface area contributed by atoms with Crippen LogP contribution in [0.2, 0.25) is 0 Å². The molecule has 3 N–H and O–H groups in total. The molecule has 1 atom stereocenters. The number of nitrogens with zero attached hydrogens (tertiary/aromatic N) is 2. The van der Waals surface area contributed by atoms with Gasteiger partial charge in [0.25, 0.3) is 0 Å². The van der Waals surface area contributed by atoms with Crippen molar-refractivity contribution in [3.8, 4) is 5.75 Å². The summed E-state index contributed by atoms with van der Waals surface area (Å²) in [5.41, 5.74) is 6.17. The number of urea groups is 1. The van der Waals surface area contributed by atoms with Gasteiger partial charge in [-0.15, -0.1) is 0 Å². The second-order valence-electron chi connectivity index (χ2n) is 4.12. The van der Waals surface area contributed by atoms with E-state index >= 15 is 0 Å². The third kappa shape index (κ3) is 2.50. The average molecular weight is 267 g/mol. The van der Waals surface area contributed by atoms with Gasteiger partial charge in [-0.25, -0.2) is 9.18 Å². The Hall–Kier alpha value is -2.15. The molecule has 0 saturated carbocycles. The number of methoxy groups -OCH3 is 1. The quantitative estimate of drug-likeness (QED) is 0.852. The van der Waals surface area contributed by atoms with Crippen molar-refractivity contribution in [3.05, 3.63) is 29.6 Å². The molecule has 0 fully saturated rings. The summed E-state index contributed by atoms with van der Waals surface area (Å²) in [6.45, 7) is 0.623. The SMILES string of the molecule is COCCN1C(=O)N=C(N)C1c1ccc(O)c(F)c1. The van der Waals surface area contributed by atoms with Crippen LogP contribution in [-0.2, 0) is 4.74 Å². The van der Waals surface area contributed by atoms with Gasteiger partial charge in [0.05, 0.1) is 6.61 Å². The zero-order valence-corrected chi connectivity index (χ0v) is 10.3. The Morgan fingerprint density at radius 1 is 1.58 bits per heavy atom. The van der Waals surface area contributed by atoms with Crippen LogP contribution >= 0.6 is 0 Å². The fourth-order valence-corrected chi connectivity index (χ4v) is 1.96. The molecule has 0 bridgehead atoms. The molecule has 2 amide bonds. The number of amides is 2. The molecular weight excluding hydrogens is 253 g/mol. The first-order valence-corrected chi connectivity index (χ1v) is 5.66. The molecule has 1 aliphatic heterocycles. The maximum atomic E-state index is 13.4. The predicted octanol–water partition coefficient (Wildman–Crippen LogP) is 1.01. The molecule has 2 rings (SSSR count). The van der Waals surface area contributed by atoms with Crippen molar-refractivity contribution in [1.82, 2.24) is 4.90 Å². The smallest absolute Gasteiger partial charge is 0.346 e. The van der Waals surface area contributed by atoms with Crippen molar-refractivity contribution in [2.24, 2.45) is 10.7 Å².